The van der Waals surface area contributed by atoms with Crippen molar-refractivity contribution in [3.05, 3.63) is 34.9 Å². The Morgan fingerprint density at radius 1 is 1.06 bits per heavy atom. The number of carbonyl (C=O) groups is 4. The lowest BCUT2D eigenvalue weighted by molar-refractivity contribution is -0.142. The first-order valence-corrected chi connectivity index (χ1v) is 11.6. The number of nitrogens with zero attached hydrogens (tertiary/aromatic N) is 1. The van der Waals surface area contributed by atoms with Gasteiger partial charge in [0.05, 0.1) is 0 Å². The van der Waals surface area contributed by atoms with E-state index in [9.17, 15) is 19.2 Å². The molecule has 0 radical (unpaired) electrons. The average Bonchev–Trinajstić information content (AvgIpc) is 2.68. The lowest BCUT2D eigenvalue weighted by atomic mass is 9.97. The maximum absolute atomic E-state index is 13.7. The topological polar surface area (TPSA) is 131 Å². The Hall–Kier alpha value is -3.10. The van der Waals surface area contributed by atoms with E-state index in [0.717, 1.165) is 11.1 Å². The predicted molar refractivity (Wildman–Crippen MR) is 131 cm³/mol. The standard InChI is InChI=1S/C25H40N4O5/c1-9-29(21(22(31)27-15(2)3)18-11-10-16(4)17(5)14-18)23(32)19(12-13-20(26)30)28-24(33)34-25(6,7)8/h10-11,14-15,19,21H,9,12-13H2,1-8H3,(H2,26,30)(H,27,31)(H,28,33). The van der Waals surface area contributed by atoms with Gasteiger partial charge in [0, 0.05) is 19.0 Å². The van der Waals surface area contributed by atoms with E-state index in [1.807, 2.05) is 45.9 Å². The van der Waals surface area contributed by atoms with E-state index in [2.05, 4.69) is 10.6 Å². The van der Waals surface area contributed by atoms with Gasteiger partial charge in [-0.15, -0.1) is 0 Å². The van der Waals surface area contributed by atoms with Crippen LogP contribution in [0.25, 0.3) is 0 Å². The summed E-state index contributed by atoms with van der Waals surface area (Å²) in [5.41, 5.74) is 7.23. The van der Waals surface area contributed by atoms with Crippen LogP contribution in [-0.4, -0.2) is 52.9 Å². The van der Waals surface area contributed by atoms with Crippen LogP contribution in [0.4, 0.5) is 4.79 Å². The molecule has 4 amide bonds. The average molecular weight is 477 g/mol. The summed E-state index contributed by atoms with van der Waals surface area (Å²) in [7, 11) is 0. The van der Waals surface area contributed by atoms with Crippen LogP contribution in [-0.2, 0) is 19.1 Å². The summed E-state index contributed by atoms with van der Waals surface area (Å²) < 4.78 is 5.30. The number of nitrogens with one attached hydrogen (secondary N) is 2. The molecule has 4 N–H and O–H groups in total. The largest absolute Gasteiger partial charge is 0.444 e. The molecule has 0 heterocycles. The van der Waals surface area contributed by atoms with Gasteiger partial charge in [0.15, 0.2) is 0 Å². The van der Waals surface area contributed by atoms with Gasteiger partial charge in [-0.1, -0.05) is 18.2 Å². The molecule has 1 aromatic carbocycles. The summed E-state index contributed by atoms with van der Waals surface area (Å²) in [5, 5.41) is 5.45. The molecule has 1 aromatic rings. The zero-order chi connectivity index (χ0) is 26.2. The van der Waals surface area contributed by atoms with Gasteiger partial charge in [-0.05, 0) is 78.5 Å². The first-order valence-electron chi connectivity index (χ1n) is 11.6. The third-order valence-electron chi connectivity index (χ3n) is 5.13. The molecular formula is C25H40N4O5. The number of alkyl carbamates (subject to hydrolysis) is 1. The van der Waals surface area contributed by atoms with Gasteiger partial charge in [-0.2, -0.15) is 0 Å². The molecule has 0 bridgehead atoms. The molecule has 0 aliphatic rings. The predicted octanol–water partition coefficient (Wildman–Crippen LogP) is 2.88. The Bertz CT molecular complexity index is 892. The highest BCUT2D eigenvalue weighted by Gasteiger charge is 2.35. The fraction of sp³-hybridized carbons (Fsp3) is 0.600. The van der Waals surface area contributed by atoms with Crippen LogP contribution < -0.4 is 16.4 Å². The van der Waals surface area contributed by atoms with Gasteiger partial charge < -0.3 is 26.0 Å². The number of primary amides is 1. The number of aryl methyl sites for hydroxylation is 2. The first kappa shape index (κ1) is 28.9. The molecule has 0 aromatic heterocycles. The maximum Gasteiger partial charge on any atom is 0.408 e. The van der Waals surface area contributed by atoms with Crippen LogP contribution in [0.1, 0.15) is 77.1 Å². The van der Waals surface area contributed by atoms with Crippen molar-refractivity contribution in [3.8, 4) is 0 Å². The maximum atomic E-state index is 13.7. The molecule has 34 heavy (non-hydrogen) atoms. The van der Waals surface area contributed by atoms with Gasteiger partial charge in [0.2, 0.25) is 17.7 Å². The Morgan fingerprint density at radius 2 is 1.68 bits per heavy atom. The van der Waals surface area contributed by atoms with Crippen LogP contribution in [0.3, 0.4) is 0 Å². The van der Waals surface area contributed by atoms with E-state index < -0.39 is 35.6 Å². The van der Waals surface area contributed by atoms with Crippen LogP contribution >= 0.6 is 0 Å². The van der Waals surface area contributed by atoms with Crippen molar-refractivity contribution in [1.29, 1.82) is 0 Å². The monoisotopic (exact) mass is 476 g/mol. The molecule has 0 aliphatic carbocycles. The molecule has 9 nitrogen and oxygen atoms in total. The second kappa shape index (κ2) is 12.4. The Labute approximate surface area is 202 Å². The molecule has 2 atom stereocenters. The molecule has 2 unspecified atom stereocenters. The molecule has 1 rings (SSSR count). The quantitative estimate of drug-likeness (QED) is 0.478. The number of hydrogen-bond donors (Lipinski definition) is 3. The highest BCUT2D eigenvalue weighted by molar-refractivity contribution is 5.92. The summed E-state index contributed by atoms with van der Waals surface area (Å²) in [5.74, 6) is -1.44. The van der Waals surface area contributed by atoms with E-state index in [4.69, 9.17) is 10.5 Å². The summed E-state index contributed by atoms with van der Waals surface area (Å²) in [6.45, 7) is 14.7. The van der Waals surface area contributed by atoms with E-state index in [-0.39, 0.29) is 31.3 Å². The number of carbonyl (C=O) groups excluding carboxylic acids is 4. The minimum Gasteiger partial charge on any atom is -0.444 e. The Kier molecular flexibility index (Phi) is 10.5. The number of hydrogen-bond acceptors (Lipinski definition) is 5. The second-order valence-electron chi connectivity index (χ2n) is 9.74. The van der Waals surface area contributed by atoms with Crippen molar-refractivity contribution >= 4 is 23.8 Å². The van der Waals surface area contributed by atoms with Crippen LogP contribution in [0.2, 0.25) is 0 Å². The molecule has 0 saturated carbocycles. The number of rotatable bonds is 10. The van der Waals surface area contributed by atoms with Gasteiger partial charge in [0.25, 0.3) is 0 Å². The van der Waals surface area contributed by atoms with E-state index in [1.54, 1.807) is 27.7 Å². The third-order valence-corrected chi connectivity index (χ3v) is 5.13. The van der Waals surface area contributed by atoms with Gasteiger partial charge in [-0.3, -0.25) is 14.4 Å². The number of ether oxygens (including phenoxy) is 1. The fourth-order valence-electron chi connectivity index (χ4n) is 3.43. The first-order chi connectivity index (χ1) is 15.7. The lowest BCUT2D eigenvalue weighted by Crippen LogP contribution is -2.53. The Morgan fingerprint density at radius 3 is 2.15 bits per heavy atom. The molecule has 9 heteroatoms. The van der Waals surface area contributed by atoms with Gasteiger partial charge >= 0.3 is 6.09 Å². The highest BCUT2D eigenvalue weighted by Crippen LogP contribution is 2.25. The molecule has 0 fully saturated rings. The van der Waals surface area contributed by atoms with Crippen LogP contribution in [0, 0.1) is 13.8 Å². The van der Waals surface area contributed by atoms with Crippen molar-refractivity contribution < 1.29 is 23.9 Å². The smallest absolute Gasteiger partial charge is 0.408 e. The summed E-state index contributed by atoms with van der Waals surface area (Å²) >= 11 is 0. The fourth-order valence-corrected chi connectivity index (χ4v) is 3.43. The summed E-state index contributed by atoms with van der Waals surface area (Å²) in [4.78, 5) is 52.2. The second-order valence-corrected chi connectivity index (χ2v) is 9.74. The zero-order valence-electron chi connectivity index (χ0n) is 21.7. The van der Waals surface area contributed by atoms with Crippen molar-refractivity contribution in [2.75, 3.05) is 6.54 Å². The molecule has 190 valence electrons. The van der Waals surface area contributed by atoms with Crippen molar-refractivity contribution in [2.45, 2.75) is 92.0 Å². The lowest BCUT2D eigenvalue weighted by Gasteiger charge is -2.34. The van der Waals surface area contributed by atoms with Crippen molar-refractivity contribution in [2.24, 2.45) is 5.73 Å². The van der Waals surface area contributed by atoms with E-state index >= 15 is 0 Å². The number of benzene rings is 1. The number of likely N-dealkylation sites (N-methyl/N-ethyl adjacent to an activating group) is 1. The Balaban J connectivity index is 3.40. The molecule has 0 aliphatic heterocycles. The minimum absolute atomic E-state index is 0.0185. The normalized spacial score (nSPS) is 13.1. The number of nitrogens with two attached hydrogens (primary N) is 1. The van der Waals surface area contributed by atoms with E-state index in [0.29, 0.717) is 5.56 Å². The zero-order valence-corrected chi connectivity index (χ0v) is 21.7. The van der Waals surface area contributed by atoms with Crippen molar-refractivity contribution in [3.63, 3.8) is 0 Å². The van der Waals surface area contributed by atoms with Crippen LogP contribution in [0.5, 0.6) is 0 Å². The van der Waals surface area contributed by atoms with Gasteiger partial charge in [-0.25, -0.2) is 4.79 Å². The molecule has 0 saturated heterocycles. The highest BCUT2D eigenvalue weighted by atomic mass is 16.6. The van der Waals surface area contributed by atoms with Gasteiger partial charge in [0.1, 0.15) is 17.7 Å². The minimum atomic E-state index is -1.09. The summed E-state index contributed by atoms with van der Waals surface area (Å²) in [6.07, 6.45) is -0.924. The van der Waals surface area contributed by atoms with E-state index in [1.165, 1.54) is 4.90 Å². The van der Waals surface area contributed by atoms with Crippen molar-refractivity contribution in [1.82, 2.24) is 15.5 Å². The van der Waals surface area contributed by atoms with Crippen LogP contribution in [0.15, 0.2) is 18.2 Å². The molecule has 0 spiro atoms. The summed E-state index contributed by atoms with van der Waals surface area (Å²) in [6, 6.07) is 3.46. The third kappa shape index (κ3) is 9.03. The SMILES string of the molecule is CCN(C(=O)C(CCC(N)=O)NC(=O)OC(C)(C)C)C(C(=O)NC(C)C)c1ccc(C)c(C)c1. The molecular weight excluding hydrogens is 436 g/mol. The number of amides is 4.